The highest BCUT2D eigenvalue weighted by Gasteiger charge is 2.26. The molecule has 1 rings (SSSR count). The number of hydrogen-bond donors (Lipinski definition) is 0. The van der Waals surface area contributed by atoms with Crippen molar-refractivity contribution in [3.05, 3.63) is 53.1 Å². The molecule has 7 nitrogen and oxygen atoms in total. The van der Waals surface area contributed by atoms with Gasteiger partial charge in [-0.2, -0.15) is 5.26 Å². The first-order chi connectivity index (χ1) is 12.0. The molecule has 1 aromatic carbocycles. The number of esters is 3. The fourth-order valence-electron chi connectivity index (χ4n) is 1.97. The predicted molar refractivity (Wildman–Crippen MR) is 87.7 cm³/mol. The summed E-state index contributed by atoms with van der Waals surface area (Å²) in [4.78, 5) is 36.0. The molecule has 0 saturated heterocycles. The second kappa shape index (κ2) is 9.67. The Morgan fingerprint density at radius 3 is 2.20 bits per heavy atom. The molecule has 0 aliphatic carbocycles. The van der Waals surface area contributed by atoms with Crippen molar-refractivity contribution in [2.75, 3.05) is 20.8 Å². The summed E-state index contributed by atoms with van der Waals surface area (Å²) in [6.07, 6.45) is 0.866. The van der Waals surface area contributed by atoms with Crippen LogP contribution in [0.25, 0.3) is 5.57 Å². The summed E-state index contributed by atoms with van der Waals surface area (Å²) in [5.74, 6) is -2.65. The molecule has 25 heavy (non-hydrogen) atoms. The Morgan fingerprint density at radius 2 is 1.72 bits per heavy atom. The number of carbonyl (C=O) groups is 3. The SMILES string of the molecule is CCOC(=O)/C(C#N)=C(\C(=C/C(=O)OC)C(=O)OC)c1ccccc1. The van der Waals surface area contributed by atoms with Crippen LogP contribution in [0.5, 0.6) is 0 Å². The Kier molecular flexibility index (Phi) is 7.60. The maximum absolute atomic E-state index is 12.2. The van der Waals surface area contributed by atoms with E-state index in [4.69, 9.17) is 4.74 Å². The van der Waals surface area contributed by atoms with Crippen LogP contribution >= 0.6 is 0 Å². The zero-order valence-electron chi connectivity index (χ0n) is 14.1. The third kappa shape index (κ3) is 5.04. The highest BCUT2D eigenvalue weighted by Crippen LogP contribution is 2.28. The average Bonchev–Trinajstić information content (AvgIpc) is 2.64. The van der Waals surface area contributed by atoms with Crippen molar-refractivity contribution in [2.45, 2.75) is 6.92 Å². The standard InChI is InChI=1S/C18H17NO6/c1-4-25-18(22)14(11-19)16(12-8-6-5-7-9-12)13(17(21)24-3)10-15(20)23-2/h5-10H,4H2,1-3H3/b13-10+,16-14-. The van der Waals surface area contributed by atoms with E-state index in [0.717, 1.165) is 20.3 Å². The minimum absolute atomic E-state index is 0.0420. The summed E-state index contributed by atoms with van der Waals surface area (Å²) in [7, 11) is 2.25. The van der Waals surface area contributed by atoms with Gasteiger partial charge in [-0.1, -0.05) is 30.3 Å². The van der Waals surface area contributed by atoms with E-state index in [1.165, 1.54) is 0 Å². The van der Waals surface area contributed by atoms with Crippen molar-refractivity contribution in [1.82, 2.24) is 0 Å². The monoisotopic (exact) mass is 343 g/mol. The summed E-state index contributed by atoms with van der Waals surface area (Å²) >= 11 is 0. The fraction of sp³-hybridized carbons (Fsp3) is 0.222. The Balaban J connectivity index is 3.78. The van der Waals surface area contributed by atoms with E-state index in [-0.39, 0.29) is 17.8 Å². The molecule has 0 N–H and O–H groups in total. The molecule has 0 saturated carbocycles. The summed E-state index contributed by atoms with van der Waals surface area (Å²) in [5, 5.41) is 9.45. The van der Waals surface area contributed by atoms with Gasteiger partial charge in [0.15, 0.2) is 0 Å². The maximum Gasteiger partial charge on any atom is 0.349 e. The molecule has 130 valence electrons. The lowest BCUT2D eigenvalue weighted by Gasteiger charge is -2.13. The average molecular weight is 343 g/mol. The van der Waals surface area contributed by atoms with Gasteiger partial charge in [0.1, 0.15) is 11.6 Å². The number of benzene rings is 1. The number of ether oxygens (including phenoxy) is 3. The predicted octanol–water partition coefficient (Wildman–Crippen LogP) is 1.80. The molecule has 1 aromatic rings. The quantitative estimate of drug-likeness (QED) is 0.255. The van der Waals surface area contributed by atoms with Gasteiger partial charge in [0.25, 0.3) is 0 Å². The molecule has 0 fully saturated rings. The van der Waals surface area contributed by atoms with Gasteiger partial charge < -0.3 is 14.2 Å². The van der Waals surface area contributed by atoms with E-state index >= 15 is 0 Å². The van der Waals surface area contributed by atoms with Gasteiger partial charge in [-0.15, -0.1) is 0 Å². The van der Waals surface area contributed by atoms with E-state index in [1.807, 2.05) is 0 Å². The van der Waals surface area contributed by atoms with E-state index in [0.29, 0.717) is 5.56 Å². The highest BCUT2D eigenvalue weighted by molar-refractivity contribution is 6.16. The second-order valence-electron chi connectivity index (χ2n) is 4.52. The zero-order valence-corrected chi connectivity index (χ0v) is 14.1. The van der Waals surface area contributed by atoms with Gasteiger partial charge in [-0.25, -0.2) is 14.4 Å². The number of carbonyl (C=O) groups excluding carboxylic acids is 3. The topological polar surface area (TPSA) is 103 Å². The number of nitriles is 1. The van der Waals surface area contributed by atoms with E-state index in [1.54, 1.807) is 43.3 Å². The third-order valence-electron chi connectivity index (χ3n) is 3.04. The first kappa shape index (κ1) is 19.6. The molecule has 0 aromatic heterocycles. The molecule has 7 heteroatoms. The van der Waals surface area contributed by atoms with Crippen LogP contribution in [0, 0.1) is 11.3 Å². The minimum atomic E-state index is -0.913. The lowest BCUT2D eigenvalue weighted by molar-refractivity contribution is -0.138. The molecular weight excluding hydrogens is 326 g/mol. The lowest BCUT2D eigenvalue weighted by atomic mass is 9.92. The molecule has 0 spiro atoms. The Labute approximate surface area is 145 Å². The number of methoxy groups -OCH3 is 2. The summed E-state index contributed by atoms with van der Waals surface area (Å²) in [6.45, 7) is 1.63. The largest absolute Gasteiger partial charge is 0.466 e. The molecule has 0 aliphatic heterocycles. The molecule has 0 bridgehead atoms. The van der Waals surface area contributed by atoms with E-state index < -0.39 is 23.5 Å². The summed E-state index contributed by atoms with van der Waals surface area (Å²) in [6, 6.07) is 9.94. The molecule has 0 aliphatic rings. The molecule has 0 atom stereocenters. The van der Waals surface area contributed by atoms with Crippen LogP contribution in [0.15, 0.2) is 47.6 Å². The van der Waals surface area contributed by atoms with E-state index in [2.05, 4.69) is 9.47 Å². The zero-order chi connectivity index (χ0) is 18.8. The van der Waals surface area contributed by atoms with Crippen LogP contribution in [0.4, 0.5) is 0 Å². The normalized spacial score (nSPS) is 11.7. The first-order valence-corrected chi connectivity index (χ1v) is 7.25. The molecular formula is C18H17NO6. The molecule has 0 unspecified atom stereocenters. The van der Waals surface area contributed by atoms with Crippen LogP contribution in [0.2, 0.25) is 0 Å². The fourth-order valence-corrected chi connectivity index (χ4v) is 1.97. The molecule has 0 radical (unpaired) electrons. The molecule has 0 amide bonds. The first-order valence-electron chi connectivity index (χ1n) is 7.25. The van der Waals surface area contributed by atoms with Crippen LogP contribution in [0.1, 0.15) is 12.5 Å². The van der Waals surface area contributed by atoms with Crippen molar-refractivity contribution >= 4 is 23.5 Å². The van der Waals surface area contributed by atoms with Gasteiger partial charge in [-0.05, 0) is 12.5 Å². The van der Waals surface area contributed by atoms with Gasteiger partial charge in [-0.3, -0.25) is 0 Å². The second-order valence-corrected chi connectivity index (χ2v) is 4.52. The number of hydrogen-bond acceptors (Lipinski definition) is 7. The van der Waals surface area contributed by atoms with Crippen molar-refractivity contribution in [1.29, 1.82) is 5.26 Å². The van der Waals surface area contributed by atoms with Crippen LogP contribution in [-0.2, 0) is 28.6 Å². The smallest absolute Gasteiger partial charge is 0.349 e. The van der Waals surface area contributed by atoms with Gasteiger partial charge in [0.2, 0.25) is 0 Å². The van der Waals surface area contributed by atoms with Gasteiger partial charge in [0, 0.05) is 11.6 Å². The third-order valence-corrected chi connectivity index (χ3v) is 3.04. The van der Waals surface area contributed by atoms with Crippen LogP contribution in [0.3, 0.4) is 0 Å². The lowest BCUT2D eigenvalue weighted by Crippen LogP contribution is -2.15. The van der Waals surface area contributed by atoms with Gasteiger partial charge >= 0.3 is 17.9 Å². The Bertz CT molecular complexity index is 756. The highest BCUT2D eigenvalue weighted by atomic mass is 16.5. The van der Waals surface area contributed by atoms with Gasteiger partial charge in [0.05, 0.1) is 26.4 Å². The van der Waals surface area contributed by atoms with Crippen molar-refractivity contribution in [2.24, 2.45) is 0 Å². The number of rotatable bonds is 6. The van der Waals surface area contributed by atoms with Crippen molar-refractivity contribution in [3.8, 4) is 6.07 Å². The Morgan fingerprint density at radius 1 is 1.08 bits per heavy atom. The maximum atomic E-state index is 12.2. The van der Waals surface area contributed by atoms with Crippen molar-refractivity contribution < 1.29 is 28.6 Å². The van der Waals surface area contributed by atoms with Crippen LogP contribution < -0.4 is 0 Å². The summed E-state index contributed by atoms with van der Waals surface area (Å²) < 4.78 is 14.1. The van der Waals surface area contributed by atoms with E-state index in [9.17, 15) is 19.6 Å². The van der Waals surface area contributed by atoms with Crippen LogP contribution in [-0.4, -0.2) is 38.7 Å². The Hall–Kier alpha value is -3.40. The van der Waals surface area contributed by atoms with Crippen molar-refractivity contribution in [3.63, 3.8) is 0 Å². The number of nitrogens with zero attached hydrogens (tertiary/aromatic N) is 1. The minimum Gasteiger partial charge on any atom is -0.466 e. The summed E-state index contributed by atoms with van der Waals surface area (Å²) in [5.41, 5.74) is -0.412. The molecule has 0 heterocycles.